The van der Waals surface area contributed by atoms with Crippen LogP contribution in [0.15, 0.2) is 0 Å². The Hall–Kier alpha value is -0.730. The van der Waals surface area contributed by atoms with Crippen LogP contribution in [0.25, 0.3) is 0 Å². The van der Waals surface area contributed by atoms with Crippen LogP contribution in [0.1, 0.15) is 79.1 Å². The van der Waals surface area contributed by atoms with E-state index in [0.29, 0.717) is 25.7 Å². The molecule has 0 aromatic rings. The van der Waals surface area contributed by atoms with Crippen LogP contribution in [0, 0.1) is 0 Å². The predicted molar refractivity (Wildman–Crippen MR) is 85.4 cm³/mol. The minimum Gasteiger partial charge on any atom is -0.550 e. The van der Waals surface area contributed by atoms with E-state index < -0.39 is 23.9 Å². The first-order valence-corrected chi connectivity index (χ1v) is 7.88. The van der Waals surface area contributed by atoms with Gasteiger partial charge in [-0.1, -0.05) is 53.4 Å². The maximum Gasteiger partial charge on any atom is 2.00 e. The zero-order chi connectivity index (χ0) is 20.0. The maximum absolute atomic E-state index is 9.49. The van der Waals surface area contributed by atoms with Crippen LogP contribution in [-0.2, 0) is 38.7 Å². The Kier molecular flexibility index (Phi) is 54.6. The molecular weight excluding hydrogens is 410 g/mol. The molecule has 0 saturated carbocycles. The number of carboxylic acids is 4. The summed E-state index contributed by atoms with van der Waals surface area (Å²) in [5.41, 5.74) is 0. The third kappa shape index (κ3) is 90.9. The molecule has 0 aliphatic carbocycles. The number of hydrogen-bond donors (Lipinski definition) is 0. The van der Waals surface area contributed by atoms with Crippen molar-refractivity contribution in [3.63, 3.8) is 0 Å². The number of rotatable bonds is 8. The molecule has 0 rings (SSSR count). The van der Waals surface area contributed by atoms with Crippen molar-refractivity contribution in [1.29, 1.82) is 0 Å². The second-order valence-corrected chi connectivity index (χ2v) is 4.49. The van der Waals surface area contributed by atoms with Crippen molar-refractivity contribution >= 4 is 46.9 Å². The molecule has 0 N–H and O–H groups in total. The summed E-state index contributed by atoms with van der Waals surface area (Å²) in [6, 6.07) is 0. The fourth-order valence-electron chi connectivity index (χ4n) is 0.816. The molecule has 10 heteroatoms. The average molecular weight is 438 g/mol. The first kappa shape index (κ1) is 40.1. The zero-order valence-electron chi connectivity index (χ0n) is 16.3. The monoisotopic (exact) mass is 436 g/mol. The van der Waals surface area contributed by atoms with Crippen LogP contribution in [0.5, 0.6) is 0 Å². The van der Waals surface area contributed by atoms with E-state index in [-0.39, 0.29) is 68.2 Å². The standard InChI is InChI=1S/4C4H8O2.Mg.Zn/c4*1-2-3-4(5)6;;/h4*2-3H2,1H3,(H,5,6);;/q;;;;2*+2/p-4. The van der Waals surface area contributed by atoms with E-state index in [2.05, 4.69) is 0 Å². The van der Waals surface area contributed by atoms with Gasteiger partial charge in [-0.05, 0) is 25.7 Å². The van der Waals surface area contributed by atoms with E-state index in [9.17, 15) is 39.6 Å². The molecule has 0 aromatic carbocycles. The van der Waals surface area contributed by atoms with Crippen molar-refractivity contribution in [2.75, 3.05) is 0 Å². The van der Waals surface area contributed by atoms with Crippen molar-refractivity contribution in [2.45, 2.75) is 79.1 Å². The quantitative estimate of drug-likeness (QED) is 0.385. The zero-order valence-corrected chi connectivity index (χ0v) is 20.7. The van der Waals surface area contributed by atoms with E-state index in [1.807, 2.05) is 0 Å². The summed E-state index contributed by atoms with van der Waals surface area (Å²) < 4.78 is 0. The average Bonchev–Trinajstić information content (AvgIpc) is 2.39. The Morgan fingerprint density at radius 1 is 0.500 bits per heavy atom. The molecule has 26 heavy (non-hydrogen) atoms. The topological polar surface area (TPSA) is 161 Å². The molecule has 0 aromatic heterocycles. The fourth-order valence-corrected chi connectivity index (χ4v) is 0.816. The summed E-state index contributed by atoms with van der Waals surface area (Å²) in [4.78, 5) is 38.0. The SMILES string of the molecule is CCCC(=O)[O-].CCCC(=O)[O-].CCCC(=O)[O-].CCCC(=O)[O-].[Mg+2].[Zn+2]. The van der Waals surface area contributed by atoms with Gasteiger partial charge in [0.2, 0.25) is 0 Å². The second-order valence-electron chi connectivity index (χ2n) is 4.49. The van der Waals surface area contributed by atoms with Gasteiger partial charge < -0.3 is 39.6 Å². The van der Waals surface area contributed by atoms with E-state index in [0.717, 1.165) is 0 Å². The molecule has 0 spiro atoms. The van der Waals surface area contributed by atoms with Gasteiger partial charge in [0.1, 0.15) is 0 Å². The minimum atomic E-state index is -0.961. The largest absolute Gasteiger partial charge is 2.00 e. The number of carbonyl (C=O) groups excluding carboxylic acids is 4. The van der Waals surface area contributed by atoms with Gasteiger partial charge in [-0.2, -0.15) is 0 Å². The maximum atomic E-state index is 9.49. The van der Waals surface area contributed by atoms with Gasteiger partial charge >= 0.3 is 42.5 Å². The van der Waals surface area contributed by atoms with Gasteiger partial charge in [-0.25, -0.2) is 0 Å². The van der Waals surface area contributed by atoms with Crippen LogP contribution in [0.2, 0.25) is 0 Å². The predicted octanol–water partition coefficient (Wildman–Crippen LogP) is -2.24. The number of carbonyl (C=O) groups is 4. The first-order valence-electron chi connectivity index (χ1n) is 7.88. The van der Waals surface area contributed by atoms with Crippen LogP contribution >= 0.6 is 0 Å². The molecule has 8 nitrogen and oxygen atoms in total. The van der Waals surface area contributed by atoms with Crippen LogP contribution in [0.4, 0.5) is 0 Å². The van der Waals surface area contributed by atoms with Gasteiger partial charge in [-0.3, -0.25) is 0 Å². The molecular formula is C16H28MgO8Zn. The van der Waals surface area contributed by atoms with Crippen molar-refractivity contribution < 1.29 is 59.1 Å². The summed E-state index contributed by atoms with van der Waals surface area (Å²) in [7, 11) is 0. The Morgan fingerprint density at radius 2 is 0.615 bits per heavy atom. The summed E-state index contributed by atoms with van der Waals surface area (Å²) in [5, 5.41) is 38.0. The normalized spacial score (nSPS) is 7.54. The number of aliphatic carboxylic acids is 4. The minimum absolute atomic E-state index is 0. The molecule has 0 fully saturated rings. The Balaban J connectivity index is -0.0000000500. The summed E-state index contributed by atoms with van der Waals surface area (Å²) in [5.74, 6) is -3.84. The van der Waals surface area contributed by atoms with Gasteiger partial charge in [0.05, 0.1) is 0 Å². The molecule has 0 unspecified atom stereocenters. The van der Waals surface area contributed by atoms with Crippen molar-refractivity contribution in [1.82, 2.24) is 0 Å². The molecule has 0 heterocycles. The Morgan fingerprint density at radius 3 is 0.615 bits per heavy atom. The number of carboxylic acid groups (broad SMARTS) is 4. The van der Waals surface area contributed by atoms with Crippen molar-refractivity contribution in [3.05, 3.63) is 0 Å². The summed E-state index contributed by atoms with van der Waals surface area (Å²) in [6.07, 6.45) is 3.40. The van der Waals surface area contributed by atoms with E-state index >= 15 is 0 Å². The molecule has 0 amide bonds. The Labute approximate surface area is 184 Å². The van der Waals surface area contributed by atoms with Gasteiger partial charge in [0, 0.05) is 23.9 Å². The van der Waals surface area contributed by atoms with E-state index in [4.69, 9.17) is 0 Å². The Bertz CT molecular complexity index is 274. The summed E-state index contributed by atoms with van der Waals surface area (Å²) >= 11 is 0. The van der Waals surface area contributed by atoms with Crippen molar-refractivity contribution in [2.24, 2.45) is 0 Å². The van der Waals surface area contributed by atoms with Crippen LogP contribution in [0.3, 0.4) is 0 Å². The third-order valence-electron chi connectivity index (χ3n) is 1.82. The molecule has 0 saturated heterocycles. The van der Waals surface area contributed by atoms with E-state index in [1.54, 1.807) is 27.7 Å². The van der Waals surface area contributed by atoms with Gasteiger partial charge in [0.25, 0.3) is 0 Å². The molecule has 144 valence electrons. The summed E-state index contributed by atoms with van der Waals surface area (Å²) in [6.45, 7) is 7.21. The third-order valence-corrected chi connectivity index (χ3v) is 1.82. The van der Waals surface area contributed by atoms with Crippen LogP contribution in [-0.4, -0.2) is 46.9 Å². The molecule has 0 aliphatic rings. The van der Waals surface area contributed by atoms with Gasteiger partial charge in [-0.15, -0.1) is 0 Å². The fraction of sp³-hybridized carbons (Fsp3) is 0.750. The molecule has 0 atom stereocenters. The number of hydrogen-bond acceptors (Lipinski definition) is 8. The smallest absolute Gasteiger partial charge is 0.550 e. The van der Waals surface area contributed by atoms with Gasteiger partial charge in [0.15, 0.2) is 0 Å². The molecule has 0 radical (unpaired) electrons. The second kappa shape index (κ2) is 35.4. The molecule has 0 aliphatic heterocycles. The van der Waals surface area contributed by atoms with Crippen molar-refractivity contribution in [3.8, 4) is 0 Å². The van der Waals surface area contributed by atoms with E-state index in [1.165, 1.54) is 0 Å². The molecule has 0 bridgehead atoms. The van der Waals surface area contributed by atoms with Crippen LogP contribution < -0.4 is 20.4 Å². The first-order chi connectivity index (χ1) is 11.1.